The average molecular weight is 273 g/mol. The molecule has 3 rings (SSSR count). The lowest BCUT2D eigenvalue weighted by atomic mass is 9.91. The topological polar surface area (TPSA) is 39.9 Å². The third-order valence-electron chi connectivity index (χ3n) is 3.77. The van der Waals surface area contributed by atoms with E-state index >= 15 is 0 Å². The standard InChI is InChI=1S/C16H23N3O/c1-16(2,3)11-14-18-13-5-4-8-17-15(13)19(14)12-6-9-20-10-7-12/h4-5,8,12H,6-7,9-11H2,1-3H3. The monoisotopic (exact) mass is 273 g/mol. The molecular weight excluding hydrogens is 250 g/mol. The smallest absolute Gasteiger partial charge is 0.160 e. The second-order valence-electron chi connectivity index (χ2n) is 6.83. The van der Waals surface area contributed by atoms with Crippen LogP contribution in [0.15, 0.2) is 18.3 Å². The molecule has 2 aromatic heterocycles. The molecule has 0 N–H and O–H groups in total. The number of hydrogen-bond donors (Lipinski definition) is 0. The minimum Gasteiger partial charge on any atom is -0.381 e. The van der Waals surface area contributed by atoms with E-state index in [4.69, 9.17) is 9.72 Å². The Morgan fingerprint density at radius 1 is 1.30 bits per heavy atom. The van der Waals surface area contributed by atoms with E-state index in [1.807, 2.05) is 12.3 Å². The van der Waals surface area contributed by atoms with Crippen LogP contribution < -0.4 is 0 Å². The van der Waals surface area contributed by atoms with E-state index in [2.05, 4.69) is 36.4 Å². The first-order chi connectivity index (χ1) is 9.54. The van der Waals surface area contributed by atoms with E-state index in [1.165, 1.54) is 0 Å². The number of pyridine rings is 1. The van der Waals surface area contributed by atoms with Gasteiger partial charge < -0.3 is 9.30 Å². The number of nitrogens with zero attached hydrogens (tertiary/aromatic N) is 3. The molecule has 0 bridgehead atoms. The van der Waals surface area contributed by atoms with Gasteiger partial charge in [0.15, 0.2) is 5.65 Å². The largest absolute Gasteiger partial charge is 0.381 e. The van der Waals surface area contributed by atoms with Crippen molar-refractivity contribution in [1.82, 2.24) is 14.5 Å². The molecule has 0 amide bonds. The number of aromatic nitrogens is 3. The van der Waals surface area contributed by atoms with Gasteiger partial charge in [-0.25, -0.2) is 9.97 Å². The summed E-state index contributed by atoms with van der Waals surface area (Å²) >= 11 is 0. The zero-order valence-electron chi connectivity index (χ0n) is 12.6. The maximum Gasteiger partial charge on any atom is 0.160 e. The lowest BCUT2D eigenvalue weighted by molar-refractivity contribution is 0.0694. The Bertz CT molecular complexity index is 591. The number of hydrogen-bond acceptors (Lipinski definition) is 3. The molecule has 2 aromatic rings. The highest BCUT2D eigenvalue weighted by atomic mass is 16.5. The summed E-state index contributed by atoms with van der Waals surface area (Å²) in [7, 11) is 0. The highest BCUT2D eigenvalue weighted by molar-refractivity contribution is 5.71. The van der Waals surface area contributed by atoms with Gasteiger partial charge >= 0.3 is 0 Å². The van der Waals surface area contributed by atoms with Crippen molar-refractivity contribution >= 4 is 11.2 Å². The molecule has 1 aliphatic heterocycles. The van der Waals surface area contributed by atoms with Gasteiger partial charge in [0.1, 0.15) is 11.3 Å². The van der Waals surface area contributed by atoms with Crippen LogP contribution in [-0.4, -0.2) is 27.7 Å². The van der Waals surface area contributed by atoms with E-state index in [1.54, 1.807) is 0 Å². The maximum absolute atomic E-state index is 5.50. The molecule has 0 atom stereocenters. The summed E-state index contributed by atoms with van der Waals surface area (Å²) in [4.78, 5) is 9.40. The van der Waals surface area contributed by atoms with Gasteiger partial charge in [0.05, 0.1) is 0 Å². The van der Waals surface area contributed by atoms with Crippen molar-refractivity contribution in [2.45, 2.75) is 46.1 Å². The molecule has 0 saturated carbocycles. The fraction of sp³-hybridized carbons (Fsp3) is 0.625. The number of ether oxygens (including phenoxy) is 1. The number of rotatable bonds is 2. The minimum atomic E-state index is 0.226. The molecule has 0 aromatic carbocycles. The lowest BCUT2D eigenvalue weighted by Crippen LogP contribution is -2.23. The summed E-state index contributed by atoms with van der Waals surface area (Å²) in [5.41, 5.74) is 2.27. The predicted molar refractivity (Wildman–Crippen MR) is 79.8 cm³/mol. The molecular formula is C16H23N3O. The van der Waals surface area contributed by atoms with Crippen LogP contribution in [0.5, 0.6) is 0 Å². The van der Waals surface area contributed by atoms with Crippen LogP contribution in [0.1, 0.15) is 45.5 Å². The van der Waals surface area contributed by atoms with Crippen LogP contribution in [0.3, 0.4) is 0 Å². The van der Waals surface area contributed by atoms with Crippen molar-refractivity contribution < 1.29 is 4.74 Å². The summed E-state index contributed by atoms with van der Waals surface area (Å²) in [5, 5.41) is 0. The van der Waals surface area contributed by atoms with Crippen molar-refractivity contribution in [2.75, 3.05) is 13.2 Å². The highest BCUT2D eigenvalue weighted by Crippen LogP contribution is 2.30. The van der Waals surface area contributed by atoms with E-state index in [0.29, 0.717) is 6.04 Å². The van der Waals surface area contributed by atoms with E-state index in [0.717, 1.165) is 49.5 Å². The van der Waals surface area contributed by atoms with Crippen molar-refractivity contribution in [1.29, 1.82) is 0 Å². The summed E-state index contributed by atoms with van der Waals surface area (Å²) in [6.45, 7) is 8.45. The summed E-state index contributed by atoms with van der Waals surface area (Å²) in [6, 6.07) is 4.50. The molecule has 1 aliphatic rings. The van der Waals surface area contributed by atoms with Gasteiger partial charge in [-0.15, -0.1) is 0 Å². The predicted octanol–water partition coefficient (Wildman–Crippen LogP) is 3.37. The van der Waals surface area contributed by atoms with Crippen LogP contribution in [0.25, 0.3) is 11.2 Å². The molecule has 4 heteroatoms. The van der Waals surface area contributed by atoms with Crippen LogP contribution in [-0.2, 0) is 11.2 Å². The Labute approximate surface area is 120 Å². The fourth-order valence-electron chi connectivity index (χ4n) is 2.90. The highest BCUT2D eigenvalue weighted by Gasteiger charge is 2.24. The van der Waals surface area contributed by atoms with Gasteiger partial charge in [0.25, 0.3) is 0 Å². The van der Waals surface area contributed by atoms with Gasteiger partial charge in [-0.1, -0.05) is 20.8 Å². The Morgan fingerprint density at radius 3 is 2.75 bits per heavy atom. The molecule has 0 unspecified atom stereocenters. The Kier molecular flexibility index (Phi) is 3.50. The zero-order valence-corrected chi connectivity index (χ0v) is 12.6. The Balaban J connectivity index is 2.07. The minimum absolute atomic E-state index is 0.226. The molecule has 108 valence electrons. The molecule has 0 aliphatic carbocycles. The van der Waals surface area contributed by atoms with Crippen LogP contribution in [0, 0.1) is 5.41 Å². The SMILES string of the molecule is CC(C)(C)Cc1nc2cccnc2n1C1CCOCC1. The average Bonchev–Trinajstić information content (AvgIpc) is 2.75. The third kappa shape index (κ3) is 2.70. The van der Waals surface area contributed by atoms with Gasteiger partial charge in [0.2, 0.25) is 0 Å². The van der Waals surface area contributed by atoms with Crippen molar-refractivity contribution in [3.05, 3.63) is 24.2 Å². The molecule has 0 spiro atoms. The van der Waals surface area contributed by atoms with Gasteiger partial charge in [-0.05, 0) is 30.4 Å². The van der Waals surface area contributed by atoms with E-state index in [9.17, 15) is 0 Å². The fourth-order valence-corrected chi connectivity index (χ4v) is 2.90. The summed E-state index contributed by atoms with van der Waals surface area (Å²) in [6.07, 6.45) is 4.94. The van der Waals surface area contributed by atoms with Crippen LogP contribution in [0.4, 0.5) is 0 Å². The normalized spacial score (nSPS) is 17.8. The van der Waals surface area contributed by atoms with E-state index < -0.39 is 0 Å². The number of imidazole rings is 1. The quantitative estimate of drug-likeness (QED) is 0.842. The molecule has 1 saturated heterocycles. The molecule has 3 heterocycles. The third-order valence-corrected chi connectivity index (χ3v) is 3.77. The van der Waals surface area contributed by atoms with Gasteiger partial charge in [-0.3, -0.25) is 0 Å². The van der Waals surface area contributed by atoms with E-state index in [-0.39, 0.29) is 5.41 Å². The summed E-state index contributed by atoms with van der Waals surface area (Å²) < 4.78 is 7.86. The van der Waals surface area contributed by atoms with Crippen molar-refractivity contribution in [3.8, 4) is 0 Å². The molecule has 0 radical (unpaired) electrons. The Hall–Kier alpha value is -1.42. The number of fused-ring (bicyclic) bond motifs is 1. The summed E-state index contributed by atoms with van der Waals surface area (Å²) in [5.74, 6) is 1.16. The van der Waals surface area contributed by atoms with Gasteiger partial charge in [0, 0.05) is 31.9 Å². The molecule has 4 nitrogen and oxygen atoms in total. The first kappa shape index (κ1) is 13.6. The first-order valence-electron chi connectivity index (χ1n) is 7.44. The Morgan fingerprint density at radius 2 is 2.05 bits per heavy atom. The van der Waals surface area contributed by atoms with Crippen molar-refractivity contribution in [2.24, 2.45) is 5.41 Å². The maximum atomic E-state index is 5.50. The van der Waals surface area contributed by atoms with Crippen molar-refractivity contribution in [3.63, 3.8) is 0 Å². The van der Waals surface area contributed by atoms with Gasteiger partial charge in [-0.2, -0.15) is 0 Å². The lowest BCUT2D eigenvalue weighted by Gasteiger charge is -2.27. The first-order valence-corrected chi connectivity index (χ1v) is 7.44. The second kappa shape index (κ2) is 5.17. The zero-order chi connectivity index (χ0) is 14.2. The van der Waals surface area contributed by atoms with Crippen LogP contribution >= 0.6 is 0 Å². The second-order valence-corrected chi connectivity index (χ2v) is 6.83. The molecule has 1 fully saturated rings. The van der Waals surface area contributed by atoms with Crippen LogP contribution in [0.2, 0.25) is 0 Å². The molecule has 20 heavy (non-hydrogen) atoms.